The number of rotatable bonds is 5. The van der Waals surface area contributed by atoms with E-state index in [1.165, 1.54) is 7.11 Å². The number of halogens is 1. The lowest BCUT2D eigenvalue weighted by Gasteiger charge is -2.02. The van der Waals surface area contributed by atoms with Gasteiger partial charge in [0.05, 0.1) is 7.11 Å². The first kappa shape index (κ1) is 13.5. The van der Waals surface area contributed by atoms with Crippen molar-refractivity contribution in [2.45, 2.75) is 13.2 Å². The average molecular weight is 327 g/mol. The Morgan fingerprint density at radius 1 is 1.37 bits per heavy atom. The molecule has 19 heavy (non-hydrogen) atoms. The molecule has 8 heteroatoms. The maximum absolute atomic E-state index is 11.0. The van der Waals surface area contributed by atoms with Gasteiger partial charge in [-0.2, -0.15) is 4.80 Å². The van der Waals surface area contributed by atoms with Gasteiger partial charge in [-0.25, -0.2) is 4.79 Å². The smallest absolute Gasteiger partial charge is 0.329 e. The van der Waals surface area contributed by atoms with E-state index >= 15 is 0 Å². The second kappa shape index (κ2) is 6.28. The number of hydrogen-bond acceptors (Lipinski definition) is 6. The van der Waals surface area contributed by atoms with Crippen LogP contribution >= 0.6 is 15.9 Å². The highest BCUT2D eigenvalue weighted by Gasteiger charge is 2.07. The topological polar surface area (TPSA) is 79.1 Å². The zero-order valence-corrected chi connectivity index (χ0v) is 11.7. The molecule has 1 aromatic heterocycles. The average Bonchev–Trinajstić information content (AvgIpc) is 2.85. The zero-order valence-electron chi connectivity index (χ0n) is 10.1. The van der Waals surface area contributed by atoms with Crippen LogP contribution in [0.1, 0.15) is 5.82 Å². The minimum atomic E-state index is -0.433. The fourth-order valence-electron chi connectivity index (χ4n) is 1.26. The SMILES string of the molecule is COC(=O)Cn1nnc(COc2ccc(Br)cc2)n1. The van der Waals surface area contributed by atoms with Crippen molar-refractivity contribution in [3.63, 3.8) is 0 Å². The molecule has 0 bridgehead atoms. The standard InChI is InChI=1S/C11H11BrN4O3/c1-18-11(17)6-16-14-10(13-15-16)7-19-9-4-2-8(12)3-5-9/h2-5H,6-7H2,1H3. The Morgan fingerprint density at radius 2 is 2.11 bits per heavy atom. The van der Waals surface area contributed by atoms with Crippen LogP contribution in [0.15, 0.2) is 28.7 Å². The van der Waals surface area contributed by atoms with Gasteiger partial charge >= 0.3 is 5.97 Å². The molecule has 0 aliphatic heterocycles. The van der Waals surface area contributed by atoms with Crippen molar-refractivity contribution < 1.29 is 14.3 Å². The Hall–Kier alpha value is -1.96. The van der Waals surface area contributed by atoms with Gasteiger partial charge in [0, 0.05) is 4.47 Å². The molecule has 100 valence electrons. The first-order valence-electron chi connectivity index (χ1n) is 5.39. The van der Waals surface area contributed by atoms with Gasteiger partial charge in [0.2, 0.25) is 5.82 Å². The number of tetrazole rings is 1. The highest BCUT2D eigenvalue weighted by Crippen LogP contribution is 2.16. The van der Waals surface area contributed by atoms with Crippen LogP contribution < -0.4 is 4.74 Å². The lowest BCUT2D eigenvalue weighted by atomic mass is 10.3. The van der Waals surface area contributed by atoms with Crippen molar-refractivity contribution in [2.75, 3.05) is 7.11 Å². The summed E-state index contributed by atoms with van der Waals surface area (Å²) in [6.45, 7) is 0.116. The lowest BCUT2D eigenvalue weighted by Crippen LogP contribution is -2.14. The van der Waals surface area contributed by atoms with Gasteiger partial charge in [0.1, 0.15) is 5.75 Å². The van der Waals surface area contributed by atoms with Crippen LogP contribution in [-0.4, -0.2) is 33.3 Å². The predicted molar refractivity (Wildman–Crippen MR) is 68.3 cm³/mol. The molecule has 0 atom stereocenters. The van der Waals surface area contributed by atoms with E-state index in [9.17, 15) is 4.79 Å². The quantitative estimate of drug-likeness (QED) is 0.768. The summed E-state index contributed by atoms with van der Waals surface area (Å²) in [6, 6.07) is 7.39. The number of methoxy groups -OCH3 is 1. The Labute approximate surface area is 117 Å². The van der Waals surface area contributed by atoms with Crippen molar-refractivity contribution in [3.05, 3.63) is 34.6 Å². The Bertz CT molecular complexity index is 555. The zero-order chi connectivity index (χ0) is 13.7. The van der Waals surface area contributed by atoms with Gasteiger partial charge in [-0.05, 0) is 29.5 Å². The first-order chi connectivity index (χ1) is 9.17. The molecule has 0 spiro atoms. The summed E-state index contributed by atoms with van der Waals surface area (Å²) in [7, 11) is 1.30. The highest BCUT2D eigenvalue weighted by molar-refractivity contribution is 9.10. The normalized spacial score (nSPS) is 10.2. The maximum Gasteiger partial charge on any atom is 0.329 e. The third kappa shape index (κ3) is 4.02. The summed E-state index contributed by atoms with van der Waals surface area (Å²) in [5.41, 5.74) is 0. The molecule has 7 nitrogen and oxygen atoms in total. The van der Waals surface area contributed by atoms with Crippen LogP contribution in [0.5, 0.6) is 5.75 Å². The van der Waals surface area contributed by atoms with E-state index in [1.807, 2.05) is 24.3 Å². The third-order valence-electron chi connectivity index (χ3n) is 2.17. The van der Waals surface area contributed by atoms with E-state index in [-0.39, 0.29) is 13.2 Å². The Balaban J connectivity index is 1.89. The second-order valence-electron chi connectivity index (χ2n) is 3.55. The van der Waals surface area contributed by atoms with Crippen molar-refractivity contribution in [2.24, 2.45) is 0 Å². The third-order valence-corrected chi connectivity index (χ3v) is 2.70. The monoisotopic (exact) mass is 326 g/mol. The summed E-state index contributed by atoms with van der Waals surface area (Å²) in [5, 5.41) is 11.5. The molecular weight excluding hydrogens is 316 g/mol. The van der Waals surface area contributed by atoms with Gasteiger partial charge < -0.3 is 9.47 Å². The number of nitrogens with zero attached hydrogens (tertiary/aromatic N) is 4. The van der Waals surface area contributed by atoms with Crippen molar-refractivity contribution in [3.8, 4) is 5.75 Å². The van der Waals surface area contributed by atoms with Crippen LogP contribution in [0.25, 0.3) is 0 Å². The van der Waals surface area contributed by atoms with Gasteiger partial charge in [0.15, 0.2) is 13.2 Å². The summed E-state index contributed by atoms with van der Waals surface area (Å²) in [6.07, 6.45) is 0. The number of hydrogen-bond donors (Lipinski definition) is 0. The van der Waals surface area contributed by atoms with E-state index in [2.05, 4.69) is 36.1 Å². The number of benzene rings is 1. The number of carbonyl (C=O) groups excluding carboxylic acids is 1. The predicted octanol–water partition coefficient (Wildman–Crippen LogP) is 1.19. The molecular formula is C11H11BrN4O3. The molecule has 2 aromatic rings. The van der Waals surface area contributed by atoms with Gasteiger partial charge in [-0.3, -0.25) is 0 Å². The van der Waals surface area contributed by atoms with E-state index in [4.69, 9.17) is 4.74 Å². The Kier molecular flexibility index (Phi) is 4.45. The molecule has 0 N–H and O–H groups in total. The van der Waals surface area contributed by atoms with Crippen LogP contribution in [0, 0.1) is 0 Å². The highest BCUT2D eigenvalue weighted by atomic mass is 79.9. The van der Waals surface area contributed by atoms with Crippen molar-refractivity contribution in [1.82, 2.24) is 20.2 Å². The summed E-state index contributed by atoms with van der Waals surface area (Å²) in [4.78, 5) is 12.2. The number of ether oxygens (including phenoxy) is 2. The second-order valence-corrected chi connectivity index (χ2v) is 4.47. The molecule has 0 aliphatic carbocycles. The van der Waals surface area contributed by atoms with Crippen molar-refractivity contribution in [1.29, 1.82) is 0 Å². The van der Waals surface area contributed by atoms with Gasteiger partial charge in [0.25, 0.3) is 0 Å². The van der Waals surface area contributed by atoms with Crippen LogP contribution in [-0.2, 0) is 22.7 Å². The number of aromatic nitrogens is 4. The maximum atomic E-state index is 11.0. The molecule has 1 heterocycles. The first-order valence-corrected chi connectivity index (χ1v) is 6.18. The Morgan fingerprint density at radius 3 is 2.79 bits per heavy atom. The largest absolute Gasteiger partial charge is 0.485 e. The molecule has 0 radical (unpaired) electrons. The number of esters is 1. The van der Waals surface area contributed by atoms with E-state index in [0.717, 1.165) is 9.27 Å². The van der Waals surface area contributed by atoms with Crippen LogP contribution in [0.4, 0.5) is 0 Å². The fourth-order valence-corrected chi connectivity index (χ4v) is 1.52. The van der Waals surface area contributed by atoms with E-state index in [1.54, 1.807) is 0 Å². The lowest BCUT2D eigenvalue weighted by molar-refractivity contribution is -0.141. The minimum Gasteiger partial charge on any atom is -0.485 e. The number of carbonyl (C=O) groups is 1. The molecule has 0 aliphatic rings. The van der Waals surface area contributed by atoms with Crippen molar-refractivity contribution >= 4 is 21.9 Å². The summed E-state index contributed by atoms with van der Waals surface area (Å²) >= 11 is 3.34. The van der Waals surface area contributed by atoms with Crippen LogP contribution in [0.2, 0.25) is 0 Å². The summed E-state index contributed by atoms with van der Waals surface area (Å²) < 4.78 is 11.0. The minimum absolute atomic E-state index is 0.0677. The summed E-state index contributed by atoms with van der Waals surface area (Å²) in [5.74, 6) is 0.664. The molecule has 0 saturated heterocycles. The van der Waals surface area contributed by atoms with E-state index < -0.39 is 5.97 Å². The molecule has 0 unspecified atom stereocenters. The van der Waals surface area contributed by atoms with E-state index in [0.29, 0.717) is 11.6 Å². The molecule has 2 rings (SSSR count). The molecule has 0 saturated carbocycles. The molecule has 0 amide bonds. The van der Waals surface area contributed by atoms with Gasteiger partial charge in [-0.1, -0.05) is 15.9 Å². The fraction of sp³-hybridized carbons (Fsp3) is 0.273. The van der Waals surface area contributed by atoms with Gasteiger partial charge in [-0.15, -0.1) is 10.2 Å². The molecule has 1 aromatic carbocycles. The van der Waals surface area contributed by atoms with Crippen LogP contribution in [0.3, 0.4) is 0 Å². The molecule has 0 fully saturated rings.